The van der Waals surface area contributed by atoms with Crippen molar-refractivity contribution in [1.82, 2.24) is 14.8 Å². The third-order valence-corrected chi connectivity index (χ3v) is 5.25. The van der Waals surface area contributed by atoms with Crippen molar-refractivity contribution in [1.29, 1.82) is 0 Å². The fraction of sp³-hybridized carbons (Fsp3) is 0.286. The van der Waals surface area contributed by atoms with Crippen molar-refractivity contribution >= 4 is 28.9 Å². The summed E-state index contributed by atoms with van der Waals surface area (Å²) in [4.78, 5) is 15.7. The molecule has 0 spiro atoms. The zero-order valence-electron chi connectivity index (χ0n) is 16.5. The molecule has 2 aromatic heterocycles. The number of primary amides is 1. The van der Waals surface area contributed by atoms with Crippen molar-refractivity contribution in [2.75, 3.05) is 25.6 Å². The van der Waals surface area contributed by atoms with Crippen molar-refractivity contribution in [3.05, 3.63) is 53.6 Å². The first-order valence-electron chi connectivity index (χ1n) is 9.58. The van der Waals surface area contributed by atoms with Gasteiger partial charge in [0.25, 0.3) is 5.91 Å². The Hall–Kier alpha value is -3.10. The Morgan fingerprint density at radius 2 is 2.23 bits per heavy atom. The number of amides is 1. The smallest absolute Gasteiger partial charge is 0.252 e. The van der Waals surface area contributed by atoms with Crippen LogP contribution in [0.25, 0.3) is 11.1 Å². The summed E-state index contributed by atoms with van der Waals surface area (Å²) in [6.07, 6.45) is 7.23. The maximum Gasteiger partial charge on any atom is 0.252 e. The molecule has 3 N–H and O–H groups in total. The van der Waals surface area contributed by atoms with E-state index in [-0.39, 0.29) is 16.8 Å². The number of anilines is 2. The highest BCUT2D eigenvalue weighted by Crippen LogP contribution is 2.38. The van der Waals surface area contributed by atoms with Crippen LogP contribution in [0.3, 0.4) is 0 Å². The third-order valence-electron chi connectivity index (χ3n) is 5.05. The lowest BCUT2D eigenvalue weighted by molar-refractivity contribution is 0.0549. The molecule has 0 aliphatic carbocycles. The van der Waals surface area contributed by atoms with Crippen LogP contribution in [0.4, 0.5) is 11.4 Å². The van der Waals surface area contributed by atoms with Crippen molar-refractivity contribution in [2.24, 2.45) is 5.73 Å². The molecule has 156 valence electrons. The molecule has 1 aliphatic heterocycles. The first-order chi connectivity index (χ1) is 14.6. The standard InChI is InChI=1S/C21H22ClN5O3/c1-29-20-15(13-9-25-27(11-13)14-4-3-7-30-12-14)5-2-6-17(20)26-18-8-19(22)24-10-16(18)21(23)28/h2,5-6,8-11,14H,3-4,7,12H2,1H3,(H2,23,28)(H,24,26). The normalized spacial score (nSPS) is 16.3. The average Bonchev–Trinajstić information content (AvgIpc) is 3.24. The van der Waals surface area contributed by atoms with Crippen LogP contribution < -0.4 is 15.8 Å². The van der Waals surface area contributed by atoms with Gasteiger partial charge in [-0.15, -0.1) is 0 Å². The zero-order valence-corrected chi connectivity index (χ0v) is 17.2. The molecule has 1 fully saturated rings. The number of benzene rings is 1. The average molecular weight is 428 g/mol. The van der Waals surface area contributed by atoms with Crippen molar-refractivity contribution in [3.63, 3.8) is 0 Å². The van der Waals surface area contributed by atoms with E-state index in [1.54, 1.807) is 13.2 Å². The Labute approximate surface area is 179 Å². The molecule has 9 heteroatoms. The van der Waals surface area contributed by atoms with E-state index >= 15 is 0 Å². The maximum absolute atomic E-state index is 11.8. The van der Waals surface area contributed by atoms with Gasteiger partial charge in [-0.1, -0.05) is 23.7 Å². The molecule has 1 aromatic carbocycles. The number of hydrogen-bond acceptors (Lipinski definition) is 6. The molecule has 0 bridgehead atoms. The monoisotopic (exact) mass is 427 g/mol. The van der Waals surface area contributed by atoms with Gasteiger partial charge in [-0.25, -0.2) is 4.98 Å². The van der Waals surface area contributed by atoms with Gasteiger partial charge in [0.2, 0.25) is 0 Å². The van der Waals surface area contributed by atoms with Crippen LogP contribution in [0.5, 0.6) is 5.75 Å². The SMILES string of the molecule is COc1c(Nc2cc(Cl)ncc2C(N)=O)cccc1-c1cnn(C2CCCOC2)c1. The van der Waals surface area contributed by atoms with E-state index in [9.17, 15) is 4.79 Å². The van der Waals surface area contributed by atoms with Crippen molar-refractivity contribution in [3.8, 4) is 16.9 Å². The van der Waals surface area contributed by atoms with Crippen molar-refractivity contribution in [2.45, 2.75) is 18.9 Å². The Kier molecular flexibility index (Phi) is 5.87. The van der Waals surface area contributed by atoms with Crippen LogP contribution in [-0.4, -0.2) is 41.0 Å². The van der Waals surface area contributed by atoms with E-state index in [0.717, 1.165) is 30.6 Å². The predicted octanol–water partition coefficient (Wildman–Crippen LogP) is 3.80. The molecule has 1 aliphatic rings. The van der Waals surface area contributed by atoms with E-state index in [4.69, 9.17) is 26.8 Å². The first kappa shape index (κ1) is 20.2. The van der Waals surface area contributed by atoms with Gasteiger partial charge < -0.3 is 20.5 Å². The lowest BCUT2D eigenvalue weighted by atomic mass is 10.1. The van der Waals surface area contributed by atoms with Crippen molar-refractivity contribution < 1.29 is 14.3 Å². The topological polar surface area (TPSA) is 104 Å². The van der Waals surface area contributed by atoms with Gasteiger partial charge in [-0.3, -0.25) is 9.48 Å². The number of pyridine rings is 1. The molecule has 1 amide bonds. The maximum atomic E-state index is 11.8. The molecule has 0 radical (unpaired) electrons. The number of para-hydroxylation sites is 1. The lowest BCUT2D eigenvalue weighted by Crippen LogP contribution is -2.21. The fourth-order valence-corrected chi connectivity index (χ4v) is 3.72. The number of carbonyl (C=O) groups excluding carboxylic acids is 1. The summed E-state index contributed by atoms with van der Waals surface area (Å²) in [5.41, 5.74) is 8.60. The highest BCUT2D eigenvalue weighted by molar-refractivity contribution is 6.29. The molecule has 4 rings (SSSR count). The van der Waals surface area contributed by atoms with Crippen LogP contribution in [0.15, 0.2) is 42.9 Å². The summed E-state index contributed by atoms with van der Waals surface area (Å²) in [5, 5.41) is 7.97. The first-order valence-corrected chi connectivity index (χ1v) is 9.96. The second-order valence-electron chi connectivity index (χ2n) is 7.01. The van der Waals surface area contributed by atoms with E-state index < -0.39 is 5.91 Å². The number of nitrogens with two attached hydrogens (primary N) is 1. The minimum absolute atomic E-state index is 0.233. The molecular formula is C21H22ClN5O3. The van der Waals surface area contributed by atoms with Crippen LogP contribution in [0.1, 0.15) is 29.2 Å². The molecule has 30 heavy (non-hydrogen) atoms. The summed E-state index contributed by atoms with van der Waals surface area (Å²) in [7, 11) is 1.60. The molecule has 0 saturated carbocycles. The Morgan fingerprint density at radius 1 is 1.37 bits per heavy atom. The van der Waals surface area contributed by atoms with Gasteiger partial charge in [0.15, 0.2) is 0 Å². The number of rotatable bonds is 6. The number of halogens is 1. The Bertz CT molecular complexity index is 1060. The van der Waals surface area contributed by atoms with Gasteiger partial charge in [0, 0.05) is 30.1 Å². The highest BCUT2D eigenvalue weighted by Gasteiger charge is 2.19. The summed E-state index contributed by atoms with van der Waals surface area (Å²) in [5.74, 6) is 0.00747. The zero-order chi connectivity index (χ0) is 21.1. The van der Waals surface area contributed by atoms with Crippen LogP contribution >= 0.6 is 11.6 Å². The number of carbonyl (C=O) groups is 1. The van der Waals surface area contributed by atoms with Gasteiger partial charge in [-0.2, -0.15) is 5.10 Å². The highest BCUT2D eigenvalue weighted by atomic mass is 35.5. The fourth-order valence-electron chi connectivity index (χ4n) is 3.57. The molecular weight excluding hydrogens is 406 g/mol. The van der Waals surface area contributed by atoms with E-state index in [1.165, 1.54) is 6.20 Å². The van der Waals surface area contributed by atoms with Gasteiger partial charge in [-0.05, 0) is 25.0 Å². The van der Waals surface area contributed by atoms with Crippen LogP contribution in [0, 0.1) is 0 Å². The number of nitrogens with zero attached hydrogens (tertiary/aromatic N) is 3. The molecule has 1 unspecified atom stereocenters. The quantitative estimate of drug-likeness (QED) is 0.580. The van der Waals surface area contributed by atoms with Gasteiger partial charge in [0.1, 0.15) is 10.9 Å². The van der Waals surface area contributed by atoms with Gasteiger partial charge in [0.05, 0.1) is 42.9 Å². The summed E-state index contributed by atoms with van der Waals surface area (Å²) in [6, 6.07) is 7.48. The molecule has 1 saturated heterocycles. The summed E-state index contributed by atoms with van der Waals surface area (Å²) in [6.45, 7) is 1.47. The number of hydrogen-bond donors (Lipinski definition) is 2. The summed E-state index contributed by atoms with van der Waals surface area (Å²) >= 11 is 6.01. The third kappa shape index (κ3) is 4.10. The molecule has 1 atom stereocenters. The van der Waals surface area contributed by atoms with Crippen LogP contribution in [0.2, 0.25) is 5.15 Å². The molecule has 3 aromatic rings. The summed E-state index contributed by atoms with van der Waals surface area (Å²) < 4.78 is 13.2. The van der Waals surface area contributed by atoms with Gasteiger partial charge >= 0.3 is 0 Å². The largest absolute Gasteiger partial charge is 0.494 e. The minimum atomic E-state index is -0.604. The van der Waals surface area contributed by atoms with E-state index in [1.807, 2.05) is 35.3 Å². The Morgan fingerprint density at radius 3 is 2.97 bits per heavy atom. The minimum Gasteiger partial charge on any atom is -0.494 e. The molecule has 3 heterocycles. The number of aromatic nitrogens is 3. The van der Waals surface area contributed by atoms with E-state index in [2.05, 4.69) is 15.4 Å². The number of methoxy groups -OCH3 is 1. The Balaban J connectivity index is 1.68. The second kappa shape index (κ2) is 8.73. The van der Waals surface area contributed by atoms with E-state index in [0.29, 0.717) is 23.7 Å². The number of nitrogens with one attached hydrogen (secondary N) is 1. The second-order valence-corrected chi connectivity index (χ2v) is 7.40. The lowest BCUT2D eigenvalue weighted by Gasteiger charge is -2.22. The number of ether oxygens (including phenoxy) is 2. The van der Waals surface area contributed by atoms with Crippen LogP contribution in [-0.2, 0) is 4.74 Å². The molecule has 8 nitrogen and oxygen atoms in total. The predicted molar refractivity (Wildman–Crippen MR) is 114 cm³/mol.